The Kier molecular flexibility index (Phi) is 6.02. The van der Waals surface area contributed by atoms with Gasteiger partial charge in [0.1, 0.15) is 11.9 Å². The summed E-state index contributed by atoms with van der Waals surface area (Å²) in [7, 11) is 0. The summed E-state index contributed by atoms with van der Waals surface area (Å²) < 4.78 is 0. The van der Waals surface area contributed by atoms with E-state index in [1.54, 1.807) is 6.20 Å². The van der Waals surface area contributed by atoms with Gasteiger partial charge in [0.15, 0.2) is 0 Å². The van der Waals surface area contributed by atoms with Crippen LogP contribution in [0.25, 0.3) is 5.57 Å². The van der Waals surface area contributed by atoms with E-state index in [2.05, 4.69) is 70.3 Å². The topological polar surface area (TPSA) is 82.5 Å². The van der Waals surface area contributed by atoms with Gasteiger partial charge in [-0.15, -0.1) is 0 Å². The number of hydrogen-bond acceptors (Lipinski definition) is 6. The molecule has 7 nitrogen and oxygen atoms in total. The molecule has 1 unspecified atom stereocenters. The second kappa shape index (κ2) is 8.88. The lowest BCUT2D eigenvalue weighted by atomic mass is 9.98. The number of carbonyl (C=O) groups is 1. The lowest BCUT2D eigenvalue weighted by molar-refractivity contribution is -0.128. The summed E-state index contributed by atoms with van der Waals surface area (Å²) in [5.74, 6) is 2.23. The molecular formula is C24H30N6O. The van der Waals surface area contributed by atoms with Crippen molar-refractivity contribution >= 4 is 29.0 Å². The molecule has 0 saturated carbocycles. The molecule has 7 heteroatoms. The third-order valence-electron chi connectivity index (χ3n) is 5.70. The normalized spacial score (nSPS) is 18.8. The van der Waals surface area contributed by atoms with Gasteiger partial charge in [-0.25, -0.2) is 15.0 Å². The average molecular weight is 419 g/mol. The summed E-state index contributed by atoms with van der Waals surface area (Å²) in [6, 6.07) is 9.99. The van der Waals surface area contributed by atoms with Crippen molar-refractivity contribution in [1.82, 2.24) is 20.2 Å². The number of rotatable bonds is 5. The van der Waals surface area contributed by atoms with Crippen molar-refractivity contribution in [3.05, 3.63) is 54.0 Å². The van der Waals surface area contributed by atoms with Crippen LogP contribution in [0.3, 0.4) is 0 Å². The minimum absolute atomic E-state index is 0.0900. The molecule has 1 amide bonds. The highest BCUT2D eigenvalue weighted by Gasteiger charge is 2.35. The van der Waals surface area contributed by atoms with Crippen LogP contribution < -0.4 is 10.6 Å². The highest BCUT2D eigenvalue weighted by molar-refractivity contribution is 6.00. The average Bonchev–Trinajstić information content (AvgIpc) is 3.24. The van der Waals surface area contributed by atoms with Crippen LogP contribution in [0, 0.1) is 5.92 Å². The maximum atomic E-state index is 12.4. The number of aromatic nitrogens is 2. The van der Waals surface area contributed by atoms with Crippen LogP contribution in [0.2, 0.25) is 0 Å². The summed E-state index contributed by atoms with van der Waals surface area (Å²) in [6.45, 7) is 9.85. The van der Waals surface area contributed by atoms with Crippen LogP contribution in [0.5, 0.6) is 0 Å². The third kappa shape index (κ3) is 4.60. The van der Waals surface area contributed by atoms with Gasteiger partial charge < -0.3 is 15.5 Å². The van der Waals surface area contributed by atoms with Gasteiger partial charge >= 0.3 is 0 Å². The number of aliphatic imine (C=N–C) groups is 1. The van der Waals surface area contributed by atoms with Crippen molar-refractivity contribution in [2.24, 2.45) is 10.9 Å². The molecule has 3 heterocycles. The number of amides is 1. The van der Waals surface area contributed by atoms with E-state index in [1.807, 2.05) is 24.4 Å². The van der Waals surface area contributed by atoms with Crippen molar-refractivity contribution < 1.29 is 4.79 Å². The molecule has 162 valence electrons. The zero-order valence-electron chi connectivity index (χ0n) is 18.6. The lowest BCUT2D eigenvalue weighted by Gasteiger charge is -2.38. The van der Waals surface area contributed by atoms with E-state index in [9.17, 15) is 4.79 Å². The van der Waals surface area contributed by atoms with E-state index in [0.717, 1.165) is 41.3 Å². The first kappa shape index (κ1) is 21.0. The SMILES string of the molecule is CC(C)c1ccnc(Nc2cccc(C3=CN=C(N4CCNC(=O)C4C(C)C)C3)c2)n1. The van der Waals surface area contributed by atoms with Crippen LogP contribution in [0.1, 0.15) is 51.3 Å². The van der Waals surface area contributed by atoms with Crippen molar-refractivity contribution in [2.45, 2.75) is 46.1 Å². The fourth-order valence-electron chi connectivity index (χ4n) is 4.08. The number of nitrogens with zero attached hydrogens (tertiary/aromatic N) is 4. The van der Waals surface area contributed by atoms with Gasteiger partial charge in [0.05, 0.1) is 0 Å². The minimum Gasteiger partial charge on any atom is -0.353 e. The monoisotopic (exact) mass is 418 g/mol. The molecule has 2 aliphatic rings. The van der Waals surface area contributed by atoms with Crippen molar-refractivity contribution in [1.29, 1.82) is 0 Å². The molecule has 0 spiro atoms. The third-order valence-corrected chi connectivity index (χ3v) is 5.70. The van der Waals surface area contributed by atoms with Crippen LogP contribution in [-0.4, -0.2) is 45.7 Å². The molecule has 1 atom stereocenters. The highest BCUT2D eigenvalue weighted by Crippen LogP contribution is 2.29. The minimum atomic E-state index is -0.168. The van der Waals surface area contributed by atoms with Gasteiger partial charge in [-0.05, 0) is 41.2 Å². The molecular weight excluding hydrogens is 388 g/mol. The quantitative estimate of drug-likeness (QED) is 0.768. The first-order valence-electron chi connectivity index (χ1n) is 10.9. The van der Waals surface area contributed by atoms with Gasteiger partial charge in [0, 0.05) is 43.3 Å². The summed E-state index contributed by atoms with van der Waals surface area (Å²) in [5, 5.41) is 6.29. The van der Waals surface area contributed by atoms with E-state index in [4.69, 9.17) is 0 Å². The molecule has 0 bridgehead atoms. The molecule has 0 aliphatic carbocycles. The number of benzene rings is 1. The Hall–Kier alpha value is -3.22. The van der Waals surface area contributed by atoms with Crippen molar-refractivity contribution in [2.75, 3.05) is 18.4 Å². The fourth-order valence-corrected chi connectivity index (χ4v) is 4.08. The zero-order valence-corrected chi connectivity index (χ0v) is 18.6. The fraction of sp³-hybridized carbons (Fsp3) is 0.417. The molecule has 31 heavy (non-hydrogen) atoms. The number of amidine groups is 1. The zero-order chi connectivity index (χ0) is 22.0. The smallest absolute Gasteiger partial charge is 0.243 e. The summed E-state index contributed by atoms with van der Waals surface area (Å²) in [5.41, 5.74) is 4.19. The molecule has 2 aliphatic heterocycles. The lowest BCUT2D eigenvalue weighted by Crippen LogP contribution is -2.59. The Balaban J connectivity index is 1.47. The van der Waals surface area contributed by atoms with E-state index in [1.165, 1.54) is 0 Å². The highest BCUT2D eigenvalue weighted by atomic mass is 16.2. The summed E-state index contributed by atoms with van der Waals surface area (Å²) in [4.78, 5) is 28.2. The Bertz CT molecular complexity index is 1030. The van der Waals surface area contributed by atoms with Crippen molar-refractivity contribution in [3.63, 3.8) is 0 Å². The van der Waals surface area contributed by atoms with E-state index >= 15 is 0 Å². The summed E-state index contributed by atoms with van der Waals surface area (Å²) in [6.07, 6.45) is 4.43. The number of hydrogen-bond donors (Lipinski definition) is 2. The van der Waals surface area contributed by atoms with E-state index < -0.39 is 0 Å². The van der Waals surface area contributed by atoms with Crippen LogP contribution in [0.4, 0.5) is 11.6 Å². The Morgan fingerprint density at radius 3 is 2.81 bits per heavy atom. The van der Waals surface area contributed by atoms with E-state index in [-0.39, 0.29) is 17.9 Å². The van der Waals surface area contributed by atoms with Crippen LogP contribution in [-0.2, 0) is 4.79 Å². The molecule has 1 aromatic carbocycles. The largest absolute Gasteiger partial charge is 0.353 e. The predicted molar refractivity (Wildman–Crippen MR) is 124 cm³/mol. The second-order valence-corrected chi connectivity index (χ2v) is 8.72. The molecule has 1 fully saturated rings. The number of piperazine rings is 1. The number of anilines is 2. The maximum Gasteiger partial charge on any atom is 0.243 e. The Morgan fingerprint density at radius 1 is 1.19 bits per heavy atom. The maximum absolute atomic E-state index is 12.4. The molecule has 2 aromatic rings. The second-order valence-electron chi connectivity index (χ2n) is 8.72. The molecule has 4 rings (SSSR count). The summed E-state index contributed by atoms with van der Waals surface area (Å²) >= 11 is 0. The Labute approximate surface area is 183 Å². The van der Waals surface area contributed by atoms with Crippen molar-refractivity contribution in [3.8, 4) is 0 Å². The van der Waals surface area contributed by atoms with Gasteiger partial charge in [-0.1, -0.05) is 39.8 Å². The van der Waals surface area contributed by atoms with Gasteiger partial charge in [-0.3, -0.25) is 4.79 Å². The van der Waals surface area contributed by atoms with E-state index in [0.29, 0.717) is 18.4 Å². The van der Waals surface area contributed by atoms with Gasteiger partial charge in [0.25, 0.3) is 0 Å². The molecule has 1 saturated heterocycles. The predicted octanol–water partition coefficient (Wildman–Crippen LogP) is 3.94. The first-order valence-corrected chi connectivity index (χ1v) is 10.9. The van der Waals surface area contributed by atoms with Gasteiger partial charge in [-0.2, -0.15) is 0 Å². The number of nitrogens with one attached hydrogen (secondary N) is 2. The molecule has 2 N–H and O–H groups in total. The molecule has 1 aromatic heterocycles. The number of carbonyl (C=O) groups excluding carboxylic acids is 1. The standard InChI is InChI=1S/C24H30N6O/c1-15(2)20-8-9-26-24(29-20)28-19-7-5-6-17(12-19)18-13-21(27-14-18)30-11-10-25-23(31)22(30)16(3)4/h5-9,12,14-16,22H,10-11,13H2,1-4H3,(H,25,31)(H,26,28,29). The molecule has 0 radical (unpaired) electrons. The van der Waals surface area contributed by atoms with Crippen LogP contribution in [0.15, 0.2) is 47.7 Å². The van der Waals surface area contributed by atoms with Crippen LogP contribution >= 0.6 is 0 Å². The van der Waals surface area contributed by atoms with Gasteiger partial charge in [0.2, 0.25) is 11.9 Å². The first-order chi connectivity index (χ1) is 14.9. The Morgan fingerprint density at radius 2 is 2.03 bits per heavy atom.